The number of anilines is 1. The Kier molecular flexibility index (Phi) is 10.2. The van der Waals surface area contributed by atoms with Gasteiger partial charge in [-0.05, 0) is 31.4 Å². The number of aromatic nitrogens is 1. The molecule has 0 saturated carbocycles. The van der Waals surface area contributed by atoms with Crippen molar-refractivity contribution in [2.45, 2.75) is 33.6 Å². The first-order valence-corrected chi connectivity index (χ1v) is 8.77. The zero-order chi connectivity index (χ0) is 18.5. The maximum Gasteiger partial charge on any atom is 0.227 e. The van der Waals surface area contributed by atoms with Crippen molar-refractivity contribution >= 4 is 17.7 Å². The van der Waals surface area contributed by atoms with Gasteiger partial charge in [-0.2, -0.15) is 0 Å². The summed E-state index contributed by atoms with van der Waals surface area (Å²) in [4.78, 5) is 20.3. The van der Waals surface area contributed by atoms with Crippen LogP contribution in [0.4, 0.5) is 5.82 Å². The van der Waals surface area contributed by atoms with E-state index in [-0.39, 0.29) is 5.91 Å². The van der Waals surface area contributed by atoms with Gasteiger partial charge >= 0.3 is 0 Å². The van der Waals surface area contributed by atoms with Crippen LogP contribution in [0.5, 0.6) is 0 Å². The average molecular weight is 349 g/mol. The van der Waals surface area contributed by atoms with E-state index in [0.717, 1.165) is 18.7 Å². The number of hydrogen-bond acceptors (Lipinski definition) is 4. The molecule has 1 aromatic heterocycles. The van der Waals surface area contributed by atoms with Gasteiger partial charge in [0.2, 0.25) is 5.91 Å². The molecule has 0 fully saturated rings. The first-order chi connectivity index (χ1) is 12.0. The number of hydrogen-bond donors (Lipinski definition) is 3. The number of nitrogens with zero attached hydrogens (tertiary/aromatic N) is 2. The normalized spacial score (nSPS) is 11.5. The Morgan fingerprint density at radius 2 is 2.00 bits per heavy atom. The SMILES string of the molecule is CN=C(NCCOCCC(C)C)NCCC(=O)Nc1cccc(C)n1. The highest BCUT2D eigenvalue weighted by atomic mass is 16.5. The zero-order valence-electron chi connectivity index (χ0n) is 15.8. The number of guanidine groups is 1. The molecule has 1 heterocycles. The first kappa shape index (κ1) is 20.9. The van der Waals surface area contributed by atoms with Crippen LogP contribution < -0.4 is 16.0 Å². The Morgan fingerprint density at radius 3 is 2.68 bits per heavy atom. The fourth-order valence-corrected chi connectivity index (χ4v) is 2.00. The van der Waals surface area contributed by atoms with E-state index >= 15 is 0 Å². The minimum atomic E-state index is -0.0851. The monoisotopic (exact) mass is 349 g/mol. The lowest BCUT2D eigenvalue weighted by Crippen LogP contribution is -2.40. The molecule has 0 bridgehead atoms. The molecule has 0 aliphatic rings. The zero-order valence-corrected chi connectivity index (χ0v) is 15.8. The second-order valence-corrected chi connectivity index (χ2v) is 6.18. The van der Waals surface area contributed by atoms with Gasteiger partial charge in [-0.1, -0.05) is 19.9 Å². The van der Waals surface area contributed by atoms with Crippen LogP contribution in [0, 0.1) is 12.8 Å². The molecule has 1 amide bonds. The van der Waals surface area contributed by atoms with Gasteiger partial charge < -0.3 is 20.7 Å². The predicted octanol–water partition coefficient (Wildman–Crippen LogP) is 1.95. The fourth-order valence-electron chi connectivity index (χ4n) is 2.00. The smallest absolute Gasteiger partial charge is 0.227 e. The third-order valence-electron chi connectivity index (χ3n) is 3.40. The van der Waals surface area contributed by atoms with E-state index in [1.54, 1.807) is 13.1 Å². The summed E-state index contributed by atoms with van der Waals surface area (Å²) in [7, 11) is 1.70. The number of carbonyl (C=O) groups is 1. The quantitative estimate of drug-likeness (QED) is 0.341. The van der Waals surface area contributed by atoms with Crippen LogP contribution in [-0.4, -0.2) is 50.2 Å². The van der Waals surface area contributed by atoms with E-state index in [4.69, 9.17) is 4.74 Å². The minimum absolute atomic E-state index is 0.0851. The highest BCUT2D eigenvalue weighted by Gasteiger charge is 2.04. The van der Waals surface area contributed by atoms with Crippen molar-refractivity contribution in [3.63, 3.8) is 0 Å². The predicted molar refractivity (Wildman–Crippen MR) is 102 cm³/mol. The molecule has 0 spiro atoms. The second-order valence-electron chi connectivity index (χ2n) is 6.18. The Labute approximate surface area is 150 Å². The van der Waals surface area contributed by atoms with Crippen LogP contribution in [0.25, 0.3) is 0 Å². The topological polar surface area (TPSA) is 87.6 Å². The molecule has 7 heteroatoms. The summed E-state index contributed by atoms with van der Waals surface area (Å²) in [6.45, 7) is 8.82. The van der Waals surface area contributed by atoms with E-state index in [9.17, 15) is 4.79 Å². The molecule has 0 saturated heterocycles. The van der Waals surface area contributed by atoms with Gasteiger partial charge in [-0.25, -0.2) is 4.98 Å². The number of rotatable bonds is 10. The van der Waals surface area contributed by atoms with Crippen LogP contribution in [0.1, 0.15) is 32.4 Å². The van der Waals surface area contributed by atoms with E-state index in [1.165, 1.54) is 0 Å². The summed E-state index contributed by atoms with van der Waals surface area (Å²) >= 11 is 0. The standard InChI is InChI=1S/C18H31N5O2/c1-14(2)9-12-25-13-11-21-18(19-4)20-10-8-17(24)23-16-7-5-6-15(3)22-16/h5-7,14H,8-13H2,1-4H3,(H2,19,20,21)(H,22,23,24). The van der Waals surface area contributed by atoms with Crippen molar-refractivity contribution in [1.29, 1.82) is 0 Å². The van der Waals surface area contributed by atoms with Crippen LogP contribution in [0.15, 0.2) is 23.2 Å². The Balaban J connectivity index is 2.14. The summed E-state index contributed by atoms with van der Waals surface area (Å²) in [5.74, 6) is 1.81. The molecule has 1 aromatic rings. The van der Waals surface area contributed by atoms with Gasteiger partial charge in [0.15, 0.2) is 5.96 Å². The fraction of sp³-hybridized carbons (Fsp3) is 0.611. The molecule has 1 rings (SSSR count). The lowest BCUT2D eigenvalue weighted by Gasteiger charge is -2.12. The number of amides is 1. The van der Waals surface area contributed by atoms with E-state index < -0.39 is 0 Å². The highest BCUT2D eigenvalue weighted by Crippen LogP contribution is 2.03. The maximum absolute atomic E-state index is 11.9. The van der Waals surface area contributed by atoms with Gasteiger partial charge in [0, 0.05) is 38.9 Å². The van der Waals surface area contributed by atoms with E-state index in [1.807, 2.05) is 19.1 Å². The Bertz CT molecular complexity index is 546. The molecule has 0 aromatic carbocycles. The molecule has 7 nitrogen and oxygen atoms in total. The summed E-state index contributed by atoms with van der Waals surface area (Å²) in [6.07, 6.45) is 1.40. The number of carbonyl (C=O) groups excluding carboxylic acids is 1. The lowest BCUT2D eigenvalue weighted by atomic mass is 10.1. The molecule has 3 N–H and O–H groups in total. The summed E-state index contributed by atoms with van der Waals surface area (Å²) < 4.78 is 5.54. The lowest BCUT2D eigenvalue weighted by molar-refractivity contribution is -0.116. The van der Waals surface area contributed by atoms with Crippen LogP contribution in [0.2, 0.25) is 0 Å². The molecule has 0 radical (unpaired) electrons. The summed E-state index contributed by atoms with van der Waals surface area (Å²) in [5, 5.41) is 9.05. The van der Waals surface area contributed by atoms with Crippen LogP contribution >= 0.6 is 0 Å². The third kappa shape index (κ3) is 10.3. The molecule has 0 aliphatic carbocycles. The van der Waals surface area contributed by atoms with Crippen LogP contribution in [0.3, 0.4) is 0 Å². The summed E-state index contributed by atoms with van der Waals surface area (Å²) in [6, 6.07) is 5.53. The third-order valence-corrected chi connectivity index (χ3v) is 3.40. The van der Waals surface area contributed by atoms with Gasteiger partial charge in [0.25, 0.3) is 0 Å². The molecule has 0 aliphatic heterocycles. The van der Waals surface area contributed by atoms with Gasteiger partial charge in [0.05, 0.1) is 6.61 Å². The molecular formula is C18H31N5O2. The first-order valence-electron chi connectivity index (χ1n) is 8.77. The largest absolute Gasteiger partial charge is 0.380 e. The van der Waals surface area contributed by atoms with E-state index in [2.05, 4.69) is 39.8 Å². The summed E-state index contributed by atoms with van der Waals surface area (Å²) in [5.41, 5.74) is 0.871. The van der Waals surface area contributed by atoms with Crippen molar-refractivity contribution in [3.05, 3.63) is 23.9 Å². The highest BCUT2D eigenvalue weighted by molar-refractivity contribution is 5.90. The van der Waals surface area contributed by atoms with Crippen molar-refractivity contribution in [2.24, 2.45) is 10.9 Å². The second kappa shape index (κ2) is 12.2. The van der Waals surface area contributed by atoms with Crippen molar-refractivity contribution in [1.82, 2.24) is 15.6 Å². The number of aryl methyl sites for hydroxylation is 1. The molecule has 140 valence electrons. The van der Waals surface area contributed by atoms with Crippen molar-refractivity contribution < 1.29 is 9.53 Å². The van der Waals surface area contributed by atoms with Crippen molar-refractivity contribution in [3.8, 4) is 0 Å². The van der Waals surface area contributed by atoms with E-state index in [0.29, 0.717) is 43.8 Å². The Morgan fingerprint density at radius 1 is 1.24 bits per heavy atom. The van der Waals surface area contributed by atoms with Crippen LogP contribution in [-0.2, 0) is 9.53 Å². The number of aliphatic imine (C=N–C) groups is 1. The number of nitrogens with one attached hydrogen (secondary N) is 3. The molecular weight excluding hydrogens is 318 g/mol. The number of ether oxygens (including phenoxy) is 1. The van der Waals surface area contributed by atoms with Gasteiger partial charge in [-0.15, -0.1) is 0 Å². The minimum Gasteiger partial charge on any atom is -0.380 e. The van der Waals surface area contributed by atoms with Gasteiger partial charge in [-0.3, -0.25) is 9.79 Å². The van der Waals surface area contributed by atoms with Crippen molar-refractivity contribution in [2.75, 3.05) is 38.7 Å². The molecule has 0 atom stereocenters. The maximum atomic E-state index is 11.9. The average Bonchev–Trinajstić information content (AvgIpc) is 2.56. The molecule has 0 unspecified atom stereocenters. The number of pyridine rings is 1. The molecule has 25 heavy (non-hydrogen) atoms. The Hall–Kier alpha value is -2.15. The van der Waals surface area contributed by atoms with Gasteiger partial charge in [0.1, 0.15) is 5.82 Å².